The number of nitrogens with one attached hydrogen (secondary N) is 2. The lowest BCUT2D eigenvalue weighted by Gasteiger charge is -2.20. The molecule has 19 heavy (non-hydrogen) atoms. The fraction of sp³-hybridized carbons (Fsp3) is 0.600. The summed E-state index contributed by atoms with van der Waals surface area (Å²) in [5, 5.41) is 17.8. The van der Waals surface area contributed by atoms with E-state index in [1.807, 2.05) is 6.26 Å². The normalized spacial score (nSPS) is 11.9. The number of amides is 2. The van der Waals surface area contributed by atoms with Gasteiger partial charge in [-0.3, -0.25) is 5.10 Å². The molecule has 0 bridgehead atoms. The van der Waals surface area contributed by atoms with Crippen molar-refractivity contribution >= 4 is 23.8 Å². The van der Waals surface area contributed by atoms with E-state index in [-0.39, 0.29) is 6.54 Å². The first-order chi connectivity index (χ1) is 9.04. The maximum atomic E-state index is 11.8. The summed E-state index contributed by atoms with van der Waals surface area (Å²) in [6.45, 7) is 0.237. The molecule has 1 rings (SSSR count). The summed E-state index contributed by atoms with van der Waals surface area (Å²) in [6.07, 6.45) is 3.62. The van der Waals surface area contributed by atoms with E-state index in [1.165, 1.54) is 23.0 Å². The summed E-state index contributed by atoms with van der Waals surface area (Å²) in [4.78, 5) is 28.1. The number of carboxylic acids is 1. The van der Waals surface area contributed by atoms with E-state index in [4.69, 9.17) is 5.11 Å². The highest BCUT2D eigenvalue weighted by Crippen LogP contribution is 2.02. The van der Waals surface area contributed by atoms with Crippen LogP contribution in [0.4, 0.5) is 4.79 Å². The van der Waals surface area contributed by atoms with Gasteiger partial charge in [-0.15, -0.1) is 0 Å². The fourth-order valence-corrected chi connectivity index (χ4v) is 1.83. The van der Waals surface area contributed by atoms with Gasteiger partial charge in [0.15, 0.2) is 0 Å². The van der Waals surface area contributed by atoms with Crippen LogP contribution < -0.4 is 5.32 Å². The standard InChI is InChI=1S/C10H17N5O3S/c1-15(5-8-11-6-12-14-8)10(18)13-7(9(16)17)3-4-19-2/h6-7H,3-5H2,1-2H3,(H,13,18)(H,16,17)(H,11,12,14)/t7-/m0/s1. The minimum atomic E-state index is -1.03. The predicted octanol–water partition coefficient (Wildman–Crippen LogP) is 0.152. The monoisotopic (exact) mass is 287 g/mol. The highest BCUT2D eigenvalue weighted by Gasteiger charge is 2.21. The van der Waals surface area contributed by atoms with Crippen LogP contribution in [0.2, 0.25) is 0 Å². The Morgan fingerprint density at radius 1 is 1.63 bits per heavy atom. The molecule has 0 fully saturated rings. The second kappa shape index (κ2) is 7.62. The van der Waals surface area contributed by atoms with Crippen molar-refractivity contribution in [2.24, 2.45) is 0 Å². The molecule has 9 heteroatoms. The van der Waals surface area contributed by atoms with Gasteiger partial charge in [0.05, 0.1) is 6.54 Å². The van der Waals surface area contributed by atoms with Gasteiger partial charge < -0.3 is 15.3 Å². The maximum absolute atomic E-state index is 11.8. The number of urea groups is 1. The minimum absolute atomic E-state index is 0.237. The van der Waals surface area contributed by atoms with Gasteiger partial charge in [0, 0.05) is 7.05 Å². The van der Waals surface area contributed by atoms with Crippen molar-refractivity contribution in [3.8, 4) is 0 Å². The molecule has 1 atom stereocenters. The molecule has 1 aromatic rings. The van der Waals surface area contributed by atoms with Crippen molar-refractivity contribution < 1.29 is 14.7 Å². The van der Waals surface area contributed by atoms with Crippen LogP contribution in [0.3, 0.4) is 0 Å². The number of nitrogens with zero attached hydrogens (tertiary/aromatic N) is 3. The molecular weight excluding hydrogens is 270 g/mol. The topological polar surface area (TPSA) is 111 Å². The van der Waals surface area contributed by atoms with Crippen LogP contribution in [-0.2, 0) is 11.3 Å². The first-order valence-corrected chi connectivity index (χ1v) is 7.01. The van der Waals surface area contributed by atoms with Gasteiger partial charge >= 0.3 is 12.0 Å². The summed E-state index contributed by atoms with van der Waals surface area (Å²) in [7, 11) is 1.56. The lowest BCUT2D eigenvalue weighted by molar-refractivity contribution is -0.139. The van der Waals surface area contributed by atoms with Crippen LogP contribution in [0.1, 0.15) is 12.2 Å². The Hall–Kier alpha value is -1.77. The zero-order valence-electron chi connectivity index (χ0n) is 10.8. The van der Waals surface area contributed by atoms with Crippen LogP contribution in [0.5, 0.6) is 0 Å². The van der Waals surface area contributed by atoms with Crippen LogP contribution in [0.15, 0.2) is 6.33 Å². The average Bonchev–Trinajstić information content (AvgIpc) is 2.86. The van der Waals surface area contributed by atoms with Crippen molar-refractivity contribution in [2.75, 3.05) is 19.1 Å². The van der Waals surface area contributed by atoms with Gasteiger partial charge in [-0.25, -0.2) is 14.6 Å². The van der Waals surface area contributed by atoms with E-state index in [0.29, 0.717) is 18.0 Å². The number of carbonyl (C=O) groups is 2. The van der Waals surface area contributed by atoms with E-state index in [1.54, 1.807) is 7.05 Å². The predicted molar refractivity (Wildman–Crippen MR) is 70.8 cm³/mol. The second-order valence-corrected chi connectivity index (χ2v) is 4.90. The summed E-state index contributed by atoms with van der Waals surface area (Å²) >= 11 is 1.54. The summed E-state index contributed by atoms with van der Waals surface area (Å²) in [5.41, 5.74) is 0. The van der Waals surface area contributed by atoms with Gasteiger partial charge in [0.25, 0.3) is 0 Å². The SMILES string of the molecule is CSCC[C@H](NC(=O)N(C)Cc1ncn[nH]1)C(=O)O. The number of hydrogen-bond donors (Lipinski definition) is 3. The lowest BCUT2D eigenvalue weighted by Crippen LogP contribution is -2.46. The summed E-state index contributed by atoms with van der Waals surface area (Å²) in [5.74, 6) is 0.174. The van der Waals surface area contributed by atoms with Crippen molar-refractivity contribution in [1.29, 1.82) is 0 Å². The molecule has 0 aliphatic heterocycles. The largest absolute Gasteiger partial charge is 0.480 e. The lowest BCUT2D eigenvalue weighted by atomic mass is 10.2. The number of aromatic nitrogens is 3. The highest BCUT2D eigenvalue weighted by atomic mass is 32.2. The fourth-order valence-electron chi connectivity index (χ4n) is 1.36. The maximum Gasteiger partial charge on any atom is 0.326 e. The Morgan fingerprint density at radius 2 is 2.37 bits per heavy atom. The Balaban J connectivity index is 2.48. The smallest absolute Gasteiger partial charge is 0.326 e. The zero-order chi connectivity index (χ0) is 14.3. The number of thioether (sulfide) groups is 1. The third kappa shape index (κ3) is 5.16. The third-order valence-electron chi connectivity index (χ3n) is 2.41. The van der Waals surface area contributed by atoms with Crippen LogP contribution in [0.25, 0.3) is 0 Å². The zero-order valence-corrected chi connectivity index (χ0v) is 11.6. The molecule has 3 N–H and O–H groups in total. The Bertz CT molecular complexity index is 411. The molecule has 0 radical (unpaired) electrons. The molecule has 1 heterocycles. The molecule has 2 amide bonds. The molecule has 0 spiro atoms. The van der Waals surface area contributed by atoms with Crippen molar-refractivity contribution in [3.05, 3.63) is 12.2 Å². The summed E-state index contributed by atoms with van der Waals surface area (Å²) < 4.78 is 0. The third-order valence-corrected chi connectivity index (χ3v) is 3.05. The van der Waals surface area contributed by atoms with E-state index >= 15 is 0 Å². The number of carboxylic acid groups (broad SMARTS) is 1. The molecule has 0 saturated carbocycles. The van der Waals surface area contributed by atoms with Crippen molar-refractivity contribution in [2.45, 2.75) is 19.0 Å². The van der Waals surface area contributed by atoms with Crippen LogP contribution >= 0.6 is 11.8 Å². The van der Waals surface area contributed by atoms with Crippen LogP contribution in [-0.4, -0.2) is 62.3 Å². The first-order valence-electron chi connectivity index (χ1n) is 5.62. The number of rotatable bonds is 7. The molecule has 0 aliphatic rings. The van der Waals surface area contributed by atoms with Gasteiger partial charge in [0.2, 0.25) is 0 Å². The number of carbonyl (C=O) groups excluding carboxylic acids is 1. The molecule has 0 unspecified atom stereocenters. The number of hydrogen-bond acceptors (Lipinski definition) is 5. The van der Waals surface area contributed by atoms with Gasteiger partial charge in [0.1, 0.15) is 18.2 Å². The number of aliphatic carboxylic acids is 1. The molecule has 106 valence electrons. The highest BCUT2D eigenvalue weighted by molar-refractivity contribution is 7.98. The quantitative estimate of drug-likeness (QED) is 0.658. The molecule has 0 aliphatic carbocycles. The van der Waals surface area contributed by atoms with Crippen molar-refractivity contribution in [3.63, 3.8) is 0 Å². The van der Waals surface area contributed by atoms with Gasteiger partial charge in [-0.1, -0.05) is 0 Å². The van der Waals surface area contributed by atoms with E-state index < -0.39 is 18.0 Å². The molecule has 0 saturated heterocycles. The molecule has 8 nitrogen and oxygen atoms in total. The first kappa shape index (κ1) is 15.3. The minimum Gasteiger partial charge on any atom is -0.480 e. The van der Waals surface area contributed by atoms with E-state index in [2.05, 4.69) is 20.5 Å². The number of H-pyrrole nitrogens is 1. The van der Waals surface area contributed by atoms with Crippen molar-refractivity contribution in [1.82, 2.24) is 25.4 Å². The van der Waals surface area contributed by atoms with Crippen LogP contribution in [0, 0.1) is 0 Å². The Labute approximate surface area is 115 Å². The summed E-state index contributed by atoms with van der Waals surface area (Å²) in [6, 6.07) is -1.33. The molecular formula is C10H17N5O3S. The van der Waals surface area contributed by atoms with E-state index in [9.17, 15) is 9.59 Å². The van der Waals surface area contributed by atoms with Gasteiger partial charge in [-0.05, 0) is 18.4 Å². The second-order valence-electron chi connectivity index (χ2n) is 3.91. The number of aromatic amines is 1. The van der Waals surface area contributed by atoms with E-state index in [0.717, 1.165) is 0 Å². The Morgan fingerprint density at radius 3 is 2.89 bits per heavy atom. The van der Waals surface area contributed by atoms with Gasteiger partial charge in [-0.2, -0.15) is 16.9 Å². The molecule has 0 aromatic carbocycles. The molecule has 1 aromatic heterocycles. The Kier molecular flexibility index (Phi) is 6.13. The average molecular weight is 287 g/mol.